The van der Waals surface area contributed by atoms with Crippen molar-refractivity contribution in [3.8, 4) is 0 Å². The summed E-state index contributed by atoms with van der Waals surface area (Å²) in [6.07, 6.45) is 0.749. The molecule has 21 heavy (non-hydrogen) atoms. The molecule has 108 valence electrons. The molecule has 2 unspecified atom stereocenters. The highest BCUT2D eigenvalue weighted by atomic mass is 35.5. The van der Waals surface area contributed by atoms with Crippen LogP contribution in [0.1, 0.15) is 18.0 Å². The Labute approximate surface area is 131 Å². The highest BCUT2D eigenvalue weighted by molar-refractivity contribution is 6.30. The van der Waals surface area contributed by atoms with Crippen molar-refractivity contribution >= 4 is 34.9 Å². The molecule has 1 aromatic heterocycles. The number of nitrogens with zero attached hydrogens (tertiary/aromatic N) is 2. The third-order valence-corrected chi connectivity index (χ3v) is 3.93. The first-order valence-electron chi connectivity index (χ1n) is 6.44. The van der Waals surface area contributed by atoms with Crippen molar-refractivity contribution in [1.82, 2.24) is 4.98 Å². The van der Waals surface area contributed by atoms with Gasteiger partial charge in [0.2, 0.25) is 0 Å². The van der Waals surface area contributed by atoms with Gasteiger partial charge in [0.1, 0.15) is 11.9 Å². The zero-order chi connectivity index (χ0) is 15.0. The molecule has 2 aromatic rings. The number of anilines is 1. The Balaban J connectivity index is 2.02. The number of pyridine rings is 1. The van der Waals surface area contributed by atoms with E-state index >= 15 is 0 Å². The molecule has 2 atom stereocenters. The summed E-state index contributed by atoms with van der Waals surface area (Å²) in [5.41, 5.74) is 0.865. The number of amides is 1. The number of aliphatic hydroxyl groups is 1. The molecule has 1 amide bonds. The molecule has 1 aliphatic heterocycles. The van der Waals surface area contributed by atoms with Crippen molar-refractivity contribution in [1.29, 1.82) is 0 Å². The zero-order valence-electron chi connectivity index (χ0n) is 10.9. The topological polar surface area (TPSA) is 53.4 Å². The quantitative estimate of drug-likeness (QED) is 0.923. The van der Waals surface area contributed by atoms with Crippen LogP contribution in [-0.4, -0.2) is 22.1 Å². The summed E-state index contributed by atoms with van der Waals surface area (Å²) in [6, 6.07) is 10.3. The van der Waals surface area contributed by atoms with Gasteiger partial charge in [-0.15, -0.1) is 0 Å². The van der Waals surface area contributed by atoms with Crippen LogP contribution in [0.15, 0.2) is 42.6 Å². The molecule has 4 nitrogen and oxygen atoms in total. The predicted octanol–water partition coefficient (Wildman–Crippen LogP) is 3.23. The fourth-order valence-corrected chi connectivity index (χ4v) is 2.82. The van der Waals surface area contributed by atoms with Crippen LogP contribution in [0, 0.1) is 0 Å². The first-order chi connectivity index (χ1) is 10.1. The minimum atomic E-state index is -1.04. The van der Waals surface area contributed by atoms with Crippen molar-refractivity contribution in [2.24, 2.45) is 0 Å². The lowest BCUT2D eigenvalue weighted by Crippen LogP contribution is -2.31. The van der Waals surface area contributed by atoms with E-state index in [-0.39, 0.29) is 11.9 Å². The lowest BCUT2D eigenvalue weighted by Gasteiger charge is -2.24. The van der Waals surface area contributed by atoms with Crippen molar-refractivity contribution < 1.29 is 9.90 Å². The molecule has 1 fully saturated rings. The number of carbonyl (C=O) groups excluding carboxylic acids is 1. The van der Waals surface area contributed by atoms with Crippen molar-refractivity contribution in [2.75, 3.05) is 4.90 Å². The molecule has 0 aliphatic carbocycles. The van der Waals surface area contributed by atoms with Gasteiger partial charge in [-0.25, -0.2) is 4.98 Å². The highest BCUT2D eigenvalue weighted by Crippen LogP contribution is 2.37. The van der Waals surface area contributed by atoms with Crippen molar-refractivity contribution in [3.63, 3.8) is 0 Å². The van der Waals surface area contributed by atoms with E-state index < -0.39 is 6.10 Å². The minimum absolute atomic E-state index is 0.292. The zero-order valence-corrected chi connectivity index (χ0v) is 12.4. The van der Waals surface area contributed by atoms with Crippen molar-refractivity contribution in [2.45, 2.75) is 18.6 Å². The lowest BCUT2D eigenvalue weighted by molar-refractivity contribution is -0.124. The van der Waals surface area contributed by atoms with Crippen LogP contribution in [0.4, 0.5) is 5.82 Å². The normalized spacial score (nSPS) is 21.9. The first-order valence-corrected chi connectivity index (χ1v) is 7.20. The molecule has 0 saturated carbocycles. The Morgan fingerprint density at radius 3 is 2.67 bits per heavy atom. The van der Waals surface area contributed by atoms with E-state index in [1.807, 2.05) is 12.1 Å². The van der Waals surface area contributed by atoms with Gasteiger partial charge in [-0.3, -0.25) is 9.69 Å². The number of hydrogen-bond donors (Lipinski definition) is 1. The standard InChI is InChI=1S/C15H12Cl2N2O2/c16-10-3-1-2-9(6-10)12-7-13(20)15(21)19(12)14-5-4-11(17)8-18-14/h1-6,8,12-13,20H,7H2. The monoisotopic (exact) mass is 322 g/mol. The number of hydrogen-bond acceptors (Lipinski definition) is 3. The Hall–Kier alpha value is -1.62. The molecule has 0 spiro atoms. The van der Waals surface area contributed by atoms with Crippen LogP contribution in [-0.2, 0) is 4.79 Å². The van der Waals surface area contributed by atoms with E-state index in [0.717, 1.165) is 5.56 Å². The fraction of sp³-hybridized carbons (Fsp3) is 0.200. The van der Waals surface area contributed by atoms with Gasteiger partial charge in [-0.05, 0) is 29.8 Å². The maximum absolute atomic E-state index is 12.2. The number of aliphatic hydroxyl groups excluding tert-OH is 1. The maximum Gasteiger partial charge on any atom is 0.257 e. The number of benzene rings is 1. The maximum atomic E-state index is 12.2. The van der Waals surface area contributed by atoms with Gasteiger partial charge < -0.3 is 5.11 Å². The Morgan fingerprint density at radius 2 is 2.00 bits per heavy atom. The van der Waals surface area contributed by atoms with Gasteiger partial charge in [0.05, 0.1) is 11.1 Å². The second-order valence-electron chi connectivity index (χ2n) is 4.87. The summed E-state index contributed by atoms with van der Waals surface area (Å²) in [7, 11) is 0. The molecule has 6 heteroatoms. The largest absolute Gasteiger partial charge is 0.383 e. The molecule has 1 aromatic carbocycles. The molecule has 1 saturated heterocycles. The third-order valence-electron chi connectivity index (χ3n) is 3.47. The van der Waals surface area contributed by atoms with E-state index in [0.29, 0.717) is 22.3 Å². The van der Waals surface area contributed by atoms with Gasteiger partial charge in [0.15, 0.2) is 0 Å². The summed E-state index contributed by atoms with van der Waals surface area (Å²) in [5.74, 6) is 0.0979. The van der Waals surface area contributed by atoms with E-state index in [4.69, 9.17) is 23.2 Å². The van der Waals surface area contributed by atoms with Gasteiger partial charge in [-0.2, -0.15) is 0 Å². The number of carbonyl (C=O) groups is 1. The molecule has 1 aliphatic rings. The van der Waals surface area contributed by atoms with Gasteiger partial charge in [0, 0.05) is 17.6 Å². The molecular weight excluding hydrogens is 311 g/mol. The molecular formula is C15H12Cl2N2O2. The Bertz CT molecular complexity index is 676. The highest BCUT2D eigenvalue weighted by Gasteiger charge is 2.40. The molecule has 3 rings (SSSR count). The summed E-state index contributed by atoms with van der Waals surface area (Å²) in [6.45, 7) is 0. The average Bonchev–Trinajstić information content (AvgIpc) is 2.76. The van der Waals surface area contributed by atoms with Gasteiger partial charge in [0.25, 0.3) is 5.91 Å². The van der Waals surface area contributed by atoms with E-state index in [1.54, 1.807) is 24.3 Å². The Morgan fingerprint density at radius 1 is 1.19 bits per heavy atom. The second-order valence-corrected chi connectivity index (χ2v) is 5.74. The smallest absolute Gasteiger partial charge is 0.257 e. The van der Waals surface area contributed by atoms with Gasteiger partial charge in [-0.1, -0.05) is 35.3 Å². The van der Waals surface area contributed by atoms with Crippen LogP contribution in [0.3, 0.4) is 0 Å². The summed E-state index contributed by atoms with van der Waals surface area (Å²) in [5, 5.41) is 11.0. The molecule has 0 bridgehead atoms. The van der Waals surface area contributed by atoms with Gasteiger partial charge >= 0.3 is 0 Å². The summed E-state index contributed by atoms with van der Waals surface area (Å²) >= 11 is 11.8. The van der Waals surface area contributed by atoms with E-state index in [9.17, 15) is 9.90 Å². The molecule has 2 heterocycles. The van der Waals surface area contributed by atoms with E-state index in [1.165, 1.54) is 11.1 Å². The van der Waals surface area contributed by atoms with Crippen molar-refractivity contribution in [3.05, 3.63) is 58.2 Å². The van der Waals surface area contributed by atoms with E-state index in [2.05, 4.69) is 4.98 Å². The third kappa shape index (κ3) is 2.75. The average molecular weight is 323 g/mol. The SMILES string of the molecule is O=C1C(O)CC(c2cccc(Cl)c2)N1c1ccc(Cl)cn1. The lowest BCUT2D eigenvalue weighted by atomic mass is 10.0. The minimum Gasteiger partial charge on any atom is -0.383 e. The molecule has 1 N–H and O–H groups in total. The van der Waals surface area contributed by atoms with Crippen LogP contribution in [0.2, 0.25) is 10.0 Å². The number of rotatable bonds is 2. The number of halogens is 2. The molecule has 0 radical (unpaired) electrons. The summed E-state index contributed by atoms with van der Waals surface area (Å²) < 4.78 is 0. The van der Waals surface area contributed by atoms with Crippen LogP contribution >= 0.6 is 23.2 Å². The fourth-order valence-electron chi connectivity index (χ4n) is 2.51. The van der Waals surface area contributed by atoms with Crippen LogP contribution < -0.4 is 4.90 Å². The summed E-state index contributed by atoms with van der Waals surface area (Å²) in [4.78, 5) is 17.9. The Kier molecular flexibility index (Phi) is 3.85. The predicted molar refractivity (Wildman–Crippen MR) is 81.5 cm³/mol. The van der Waals surface area contributed by atoms with Crippen LogP contribution in [0.25, 0.3) is 0 Å². The second kappa shape index (κ2) is 5.64. The number of aromatic nitrogens is 1. The van der Waals surface area contributed by atoms with Crippen LogP contribution in [0.5, 0.6) is 0 Å². The first kappa shape index (κ1) is 14.3.